The summed E-state index contributed by atoms with van der Waals surface area (Å²) >= 11 is 0. The molecule has 1 aliphatic rings. The van der Waals surface area contributed by atoms with Crippen molar-refractivity contribution in [1.82, 2.24) is 4.90 Å². The lowest BCUT2D eigenvalue weighted by atomic mass is 9.98. The molecule has 1 aliphatic heterocycles. The van der Waals surface area contributed by atoms with Gasteiger partial charge in [0.25, 0.3) is 0 Å². The molecule has 0 aromatic heterocycles. The Labute approximate surface area is 79.0 Å². The molecular weight excluding hydrogens is 166 g/mol. The molecule has 0 saturated carbocycles. The van der Waals surface area contributed by atoms with Crippen LogP contribution in [0.3, 0.4) is 0 Å². The predicted octanol–water partition coefficient (Wildman–Crippen LogP) is 1.36. The van der Waals surface area contributed by atoms with Gasteiger partial charge >= 0.3 is 5.97 Å². The van der Waals surface area contributed by atoms with E-state index in [0.29, 0.717) is 5.92 Å². The summed E-state index contributed by atoms with van der Waals surface area (Å²) in [6.07, 6.45) is 5.40. The minimum Gasteiger partial charge on any atom is -0.478 e. The summed E-state index contributed by atoms with van der Waals surface area (Å²) in [5.74, 6) is -0.404. The first-order valence-electron chi connectivity index (χ1n) is 4.86. The molecule has 0 amide bonds. The summed E-state index contributed by atoms with van der Waals surface area (Å²) < 4.78 is 0. The molecule has 1 rings (SSSR count). The van der Waals surface area contributed by atoms with Crippen LogP contribution in [0.5, 0.6) is 0 Å². The number of rotatable bonds is 3. The van der Waals surface area contributed by atoms with Crippen molar-refractivity contribution < 1.29 is 9.90 Å². The molecule has 74 valence electrons. The molecule has 1 unspecified atom stereocenters. The van der Waals surface area contributed by atoms with Gasteiger partial charge in [0, 0.05) is 12.6 Å². The van der Waals surface area contributed by atoms with Gasteiger partial charge in [0.1, 0.15) is 0 Å². The summed E-state index contributed by atoms with van der Waals surface area (Å²) in [6, 6.07) is 0. The minimum absolute atomic E-state index is 0.435. The van der Waals surface area contributed by atoms with Gasteiger partial charge in [0.2, 0.25) is 0 Å². The van der Waals surface area contributed by atoms with Crippen LogP contribution < -0.4 is 0 Å². The maximum atomic E-state index is 10.3. The maximum absolute atomic E-state index is 10.3. The third-order valence-electron chi connectivity index (χ3n) is 2.50. The van der Waals surface area contributed by atoms with E-state index in [0.717, 1.165) is 26.1 Å². The lowest BCUT2D eigenvalue weighted by molar-refractivity contribution is -0.131. The average molecular weight is 183 g/mol. The van der Waals surface area contributed by atoms with E-state index >= 15 is 0 Å². The molecule has 3 heteroatoms. The number of nitrogens with zero attached hydrogens (tertiary/aromatic N) is 1. The molecule has 13 heavy (non-hydrogen) atoms. The third-order valence-corrected chi connectivity index (χ3v) is 2.50. The standard InChI is InChI=1S/C10H17NO2/c1-2-11-7-3-4-9(8-11)5-6-10(12)13/h5-6,9H,2-4,7-8H2,1H3,(H,12,13)/b6-5-. The first kappa shape index (κ1) is 10.3. The van der Waals surface area contributed by atoms with Crippen molar-refractivity contribution in [3.63, 3.8) is 0 Å². The zero-order valence-electron chi connectivity index (χ0n) is 8.07. The molecule has 1 heterocycles. The summed E-state index contributed by atoms with van der Waals surface area (Å²) in [5, 5.41) is 8.47. The van der Waals surface area contributed by atoms with E-state index in [-0.39, 0.29) is 0 Å². The first-order chi connectivity index (χ1) is 6.22. The second kappa shape index (κ2) is 5.02. The zero-order chi connectivity index (χ0) is 9.68. The highest BCUT2D eigenvalue weighted by atomic mass is 16.4. The fourth-order valence-corrected chi connectivity index (χ4v) is 1.75. The number of piperidine rings is 1. The van der Waals surface area contributed by atoms with Crippen LogP contribution in [-0.4, -0.2) is 35.6 Å². The van der Waals surface area contributed by atoms with Gasteiger partial charge in [-0.15, -0.1) is 0 Å². The summed E-state index contributed by atoms with van der Waals surface area (Å²) in [4.78, 5) is 12.7. The molecule has 0 spiro atoms. The smallest absolute Gasteiger partial charge is 0.327 e. The number of carboxylic acids is 1. The summed E-state index contributed by atoms with van der Waals surface area (Å²) in [5.41, 5.74) is 0. The van der Waals surface area contributed by atoms with Crippen molar-refractivity contribution in [3.05, 3.63) is 12.2 Å². The first-order valence-corrected chi connectivity index (χ1v) is 4.86. The number of carboxylic acid groups (broad SMARTS) is 1. The van der Waals surface area contributed by atoms with E-state index in [4.69, 9.17) is 5.11 Å². The van der Waals surface area contributed by atoms with Crippen molar-refractivity contribution in [3.8, 4) is 0 Å². The van der Waals surface area contributed by atoms with Crippen molar-refractivity contribution in [2.45, 2.75) is 19.8 Å². The number of hydrogen-bond donors (Lipinski definition) is 1. The van der Waals surface area contributed by atoms with E-state index in [1.54, 1.807) is 0 Å². The molecule has 0 aromatic rings. The number of likely N-dealkylation sites (tertiary alicyclic amines) is 1. The fourth-order valence-electron chi connectivity index (χ4n) is 1.75. The van der Waals surface area contributed by atoms with Gasteiger partial charge in [-0.3, -0.25) is 0 Å². The van der Waals surface area contributed by atoms with Crippen molar-refractivity contribution in [2.75, 3.05) is 19.6 Å². The van der Waals surface area contributed by atoms with Crippen LogP contribution >= 0.6 is 0 Å². The van der Waals surface area contributed by atoms with Crippen LogP contribution in [-0.2, 0) is 4.79 Å². The van der Waals surface area contributed by atoms with E-state index in [9.17, 15) is 4.79 Å². The van der Waals surface area contributed by atoms with Crippen LogP contribution in [0.2, 0.25) is 0 Å². The van der Waals surface area contributed by atoms with Crippen LogP contribution in [0.4, 0.5) is 0 Å². The largest absolute Gasteiger partial charge is 0.478 e. The van der Waals surface area contributed by atoms with E-state index in [1.165, 1.54) is 12.5 Å². The highest BCUT2D eigenvalue weighted by Crippen LogP contribution is 2.16. The van der Waals surface area contributed by atoms with Crippen molar-refractivity contribution >= 4 is 5.97 Å². The van der Waals surface area contributed by atoms with E-state index in [2.05, 4.69) is 11.8 Å². The predicted molar refractivity (Wildman–Crippen MR) is 51.6 cm³/mol. The lowest BCUT2D eigenvalue weighted by Crippen LogP contribution is -2.34. The zero-order valence-corrected chi connectivity index (χ0v) is 8.07. The van der Waals surface area contributed by atoms with Gasteiger partial charge < -0.3 is 10.0 Å². The lowest BCUT2D eigenvalue weighted by Gasteiger charge is -2.29. The van der Waals surface area contributed by atoms with Crippen LogP contribution in [0.15, 0.2) is 12.2 Å². The van der Waals surface area contributed by atoms with Gasteiger partial charge in [0.05, 0.1) is 0 Å². The Morgan fingerprint density at radius 1 is 1.69 bits per heavy atom. The molecule has 0 aliphatic carbocycles. The SMILES string of the molecule is CCN1CCCC(/C=C\C(=O)O)C1. The van der Waals surface area contributed by atoms with Crippen LogP contribution in [0, 0.1) is 5.92 Å². The second-order valence-corrected chi connectivity index (χ2v) is 3.49. The molecule has 1 N–H and O–H groups in total. The van der Waals surface area contributed by atoms with Crippen molar-refractivity contribution in [2.24, 2.45) is 5.92 Å². The Hall–Kier alpha value is -0.830. The highest BCUT2D eigenvalue weighted by molar-refractivity contribution is 5.79. The minimum atomic E-state index is -0.839. The Balaban J connectivity index is 2.38. The summed E-state index contributed by atoms with van der Waals surface area (Å²) in [7, 11) is 0. The third kappa shape index (κ3) is 3.59. The number of hydrogen-bond acceptors (Lipinski definition) is 2. The van der Waals surface area contributed by atoms with Gasteiger partial charge in [-0.05, 0) is 31.8 Å². The van der Waals surface area contributed by atoms with E-state index < -0.39 is 5.97 Å². The van der Waals surface area contributed by atoms with Gasteiger partial charge in [-0.2, -0.15) is 0 Å². The molecule has 1 atom stereocenters. The molecule has 0 radical (unpaired) electrons. The Morgan fingerprint density at radius 3 is 3.08 bits per heavy atom. The quantitative estimate of drug-likeness (QED) is 0.672. The maximum Gasteiger partial charge on any atom is 0.327 e. The number of aliphatic carboxylic acids is 1. The second-order valence-electron chi connectivity index (χ2n) is 3.49. The number of carbonyl (C=O) groups is 1. The van der Waals surface area contributed by atoms with Crippen LogP contribution in [0.1, 0.15) is 19.8 Å². The monoisotopic (exact) mass is 183 g/mol. The molecule has 3 nitrogen and oxygen atoms in total. The Morgan fingerprint density at radius 2 is 2.46 bits per heavy atom. The molecule has 1 fully saturated rings. The normalized spacial score (nSPS) is 25.2. The topological polar surface area (TPSA) is 40.5 Å². The molecule has 0 aromatic carbocycles. The summed E-state index contributed by atoms with van der Waals surface area (Å²) in [6.45, 7) is 5.38. The van der Waals surface area contributed by atoms with Gasteiger partial charge in [0.15, 0.2) is 0 Å². The molecule has 1 saturated heterocycles. The Bertz CT molecular complexity index is 201. The van der Waals surface area contributed by atoms with Crippen molar-refractivity contribution in [1.29, 1.82) is 0 Å². The molecule has 0 bridgehead atoms. The Kier molecular flexibility index (Phi) is 3.96. The van der Waals surface area contributed by atoms with Crippen LogP contribution in [0.25, 0.3) is 0 Å². The fraction of sp³-hybridized carbons (Fsp3) is 0.700. The molecular formula is C10H17NO2. The highest BCUT2D eigenvalue weighted by Gasteiger charge is 2.15. The van der Waals surface area contributed by atoms with E-state index in [1.807, 2.05) is 6.08 Å². The van der Waals surface area contributed by atoms with Gasteiger partial charge in [-0.1, -0.05) is 13.0 Å². The average Bonchev–Trinajstić information content (AvgIpc) is 2.15. The van der Waals surface area contributed by atoms with Gasteiger partial charge in [-0.25, -0.2) is 4.79 Å².